The lowest BCUT2D eigenvalue weighted by atomic mass is 9.83. The molecule has 3 aliphatic rings. The number of ketones is 1. The summed E-state index contributed by atoms with van der Waals surface area (Å²) in [6.07, 6.45) is 4.82. The third-order valence-corrected chi connectivity index (χ3v) is 11.5. The number of aromatic amines is 1. The van der Waals surface area contributed by atoms with E-state index in [-0.39, 0.29) is 46.7 Å². The molecule has 3 heterocycles. The second-order valence-electron chi connectivity index (χ2n) is 13.6. The first kappa shape index (κ1) is 29.6. The minimum atomic E-state index is -0.799. The highest BCUT2D eigenvalue weighted by molar-refractivity contribution is 7.20. The van der Waals surface area contributed by atoms with Crippen LogP contribution in [0.3, 0.4) is 0 Å². The van der Waals surface area contributed by atoms with Gasteiger partial charge in [-0.05, 0) is 67.2 Å². The maximum atomic E-state index is 14.5. The maximum absolute atomic E-state index is 14.5. The Balaban J connectivity index is 1.12. The van der Waals surface area contributed by atoms with Gasteiger partial charge in [-0.1, -0.05) is 63.4 Å². The average molecular weight is 626 g/mol. The van der Waals surface area contributed by atoms with Crippen molar-refractivity contribution in [2.45, 2.75) is 71.0 Å². The van der Waals surface area contributed by atoms with E-state index < -0.39 is 18.1 Å². The molecule has 2 saturated carbocycles. The first-order valence-corrected chi connectivity index (χ1v) is 16.8. The normalized spacial score (nSPS) is 23.8. The SMILES string of the molecule is C[C@H](NC(=O)[C@@H]1[C@@H]2[C@H](CN1C(=O)C(NC(=O)c1cc3ccccc3[nH]1)C1CCCCC1)C2(C)C)C(=O)c1nc2ccccc2s1. The van der Waals surface area contributed by atoms with Gasteiger partial charge in [0.1, 0.15) is 17.8 Å². The van der Waals surface area contributed by atoms with Crippen molar-refractivity contribution in [1.82, 2.24) is 25.5 Å². The Kier molecular flexibility index (Phi) is 7.50. The van der Waals surface area contributed by atoms with Gasteiger partial charge in [-0.25, -0.2) is 4.98 Å². The van der Waals surface area contributed by atoms with E-state index in [9.17, 15) is 19.2 Å². The summed E-state index contributed by atoms with van der Waals surface area (Å²) >= 11 is 1.31. The Bertz CT molecular complexity index is 1740. The third-order valence-electron chi connectivity index (χ3n) is 10.5. The molecule has 3 amide bonds. The van der Waals surface area contributed by atoms with Gasteiger partial charge in [0.05, 0.1) is 16.3 Å². The number of H-pyrrole nitrogens is 1. The average Bonchev–Trinajstić information content (AvgIpc) is 3.58. The lowest BCUT2D eigenvalue weighted by molar-refractivity contribution is -0.143. The zero-order valence-electron chi connectivity index (χ0n) is 25.8. The molecule has 9 nitrogen and oxygen atoms in total. The number of aromatic nitrogens is 2. The molecule has 1 aliphatic heterocycles. The molecule has 1 unspecified atom stereocenters. The van der Waals surface area contributed by atoms with E-state index in [1.165, 1.54) is 11.3 Å². The number of rotatable bonds is 8. The van der Waals surface area contributed by atoms with Crippen LogP contribution in [0, 0.1) is 23.2 Å². The van der Waals surface area contributed by atoms with Crippen molar-refractivity contribution in [3.63, 3.8) is 0 Å². The highest BCUT2D eigenvalue weighted by atomic mass is 32.1. The second kappa shape index (κ2) is 11.4. The van der Waals surface area contributed by atoms with Crippen LogP contribution >= 0.6 is 11.3 Å². The smallest absolute Gasteiger partial charge is 0.268 e. The number of nitrogens with zero attached hydrogens (tertiary/aromatic N) is 2. The Labute approximate surface area is 266 Å². The first-order chi connectivity index (χ1) is 21.6. The molecule has 0 radical (unpaired) electrons. The molecule has 0 bridgehead atoms. The number of likely N-dealkylation sites (tertiary alicyclic amines) is 1. The van der Waals surface area contributed by atoms with Gasteiger partial charge in [0.25, 0.3) is 5.91 Å². The summed E-state index contributed by atoms with van der Waals surface area (Å²) in [6.45, 7) is 6.40. The Morgan fingerprint density at radius 1 is 1.00 bits per heavy atom. The number of para-hydroxylation sites is 2. The van der Waals surface area contributed by atoms with Gasteiger partial charge in [0.2, 0.25) is 17.6 Å². The lowest BCUT2D eigenvalue weighted by Crippen LogP contribution is -2.59. The molecule has 1 saturated heterocycles. The Morgan fingerprint density at radius 3 is 2.49 bits per heavy atom. The van der Waals surface area contributed by atoms with Crippen molar-refractivity contribution in [3.05, 3.63) is 65.3 Å². The number of carbonyl (C=O) groups is 4. The predicted octanol–water partition coefficient (Wildman–Crippen LogP) is 5.33. The third kappa shape index (κ3) is 5.32. The Morgan fingerprint density at radius 2 is 1.73 bits per heavy atom. The number of fused-ring (bicyclic) bond motifs is 3. The first-order valence-electron chi connectivity index (χ1n) is 16.0. The minimum Gasteiger partial charge on any atom is -0.351 e. The topological polar surface area (TPSA) is 124 Å². The van der Waals surface area contributed by atoms with Gasteiger partial charge in [0.15, 0.2) is 5.01 Å². The summed E-state index contributed by atoms with van der Waals surface area (Å²) < 4.78 is 0.915. The molecule has 5 atom stereocenters. The number of benzene rings is 2. The molecule has 2 aromatic carbocycles. The van der Waals surface area contributed by atoms with Crippen molar-refractivity contribution < 1.29 is 19.2 Å². The minimum absolute atomic E-state index is 0.00670. The maximum Gasteiger partial charge on any atom is 0.268 e. The molecule has 0 spiro atoms. The van der Waals surface area contributed by atoms with Gasteiger partial charge in [-0.3, -0.25) is 19.2 Å². The number of amides is 3. The van der Waals surface area contributed by atoms with Gasteiger partial charge in [-0.15, -0.1) is 11.3 Å². The van der Waals surface area contributed by atoms with Gasteiger partial charge >= 0.3 is 0 Å². The molecule has 7 rings (SSSR count). The van der Waals surface area contributed by atoms with Gasteiger partial charge in [-0.2, -0.15) is 0 Å². The van der Waals surface area contributed by atoms with Crippen LogP contribution in [0.2, 0.25) is 0 Å². The Hall–Kier alpha value is -4.05. The fraction of sp³-hybridized carbons (Fsp3) is 0.457. The second-order valence-corrected chi connectivity index (χ2v) is 14.6. The van der Waals surface area contributed by atoms with E-state index in [1.54, 1.807) is 17.9 Å². The lowest BCUT2D eigenvalue weighted by Gasteiger charge is -2.37. The number of thiazole rings is 1. The fourth-order valence-corrected chi connectivity index (χ4v) is 8.78. The number of hydrogen-bond donors (Lipinski definition) is 3. The number of hydrogen-bond acceptors (Lipinski definition) is 6. The van der Waals surface area contributed by atoms with Crippen molar-refractivity contribution >= 4 is 56.0 Å². The molecule has 45 heavy (non-hydrogen) atoms. The van der Waals surface area contributed by atoms with Crippen LogP contribution < -0.4 is 10.6 Å². The van der Waals surface area contributed by atoms with Crippen molar-refractivity contribution in [3.8, 4) is 0 Å². The summed E-state index contributed by atoms with van der Waals surface area (Å²) in [5, 5.41) is 7.30. The standard InChI is InChI=1S/C35H39N5O4S/c1-19(30(41)33-38-24-15-9-10-16-26(24)45-33)36-32(43)29-27-22(35(27,2)3)18-40(29)34(44)28(20-11-5-4-6-12-20)39-31(42)25-17-21-13-7-8-14-23(21)37-25/h7-10,13-17,19-20,22,27-29,37H,4-6,11-12,18H2,1-3H3,(H,36,43)(H,39,42)/t19-,22-,27-,28?,29-/m0/s1. The molecule has 2 aromatic heterocycles. The summed E-state index contributed by atoms with van der Waals surface area (Å²) in [4.78, 5) is 64.7. The molecular weight excluding hydrogens is 586 g/mol. The van der Waals surface area contributed by atoms with Crippen molar-refractivity contribution in [2.24, 2.45) is 23.2 Å². The molecule has 2 aliphatic carbocycles. The fourth-order valence-electron chi connectivity index (χ4n) is 7.78. The van der Waals surface area contributed by atoms with Crippen LogP contribution in [0.1, 0.15) is 73.2 Å². The van der Waals surface area contributed by atoms with Crippen LogP contribution in [0.5, 0.6) is 0 Å². The summed E-state index contributed by atoms with van der Waals surface area (Å²) in [5.41, 5.74) is 1.93. The van der Waals surface area contributed by atoms with E-state index in [0.29, 0.717) is 17.2 Å². The zero-order valence-corrected chi connectivity index (χ0v) is 26.7. The molecule has 3 N–H and O–H groups in total. The van der Waals surface area contributed by atoms with Gasteiger partial charge < -0.3 is 20.5 Å². The largest absolute Gasteiger partial charge is 0.351 e. The summed E-state index contributed by atoms with van der Waals surface area (Å²) in [6, 6.07) is 14.8. The number of piperidine rings is 1. The van der Waals surface area contributed by atoms with Crippen LogP contribution in [-0.4, -0.2) is 63.0 Å². The summed E-state index contributed by atoms with van der Waals surface area (Å²) in [7, 11) is 0. The molecule has 3 fully saturated rings. The van der Waals surface area contributed by atoms with E-state index in [1.807, 2.05) is 48.5 Å². The van der Waals surface area contributed by atoms with E-state index in [0.717, 1.165) is 53.2 Å². The molecular formula is C35H39N5O4S. The van der Waals surface area contributed by atoms with E-state index >= 15 is 0 Å². The highest BCUT2D eigenvalue weighted by Gasteiger charge is 2.69. The quantitative estimate of drug-likeness (QED) is 0.229. The zero-order chi connectivity index (χ0) is 31.5. The van der Waals surface area contributed by atoms with Crippen LogP contribution in [0.25, 0.3) is 21.1 Å². The molecule has 234 valence electrons. The van der Waals surface area contributed by atoms with Crippen LogP contribution in [-0.2, 0) is 9.59 Å². The predicted molar refractivity (Wildman–Crippen MR) is 174 cm³/mol. The van der Waals surface area contributed by atoms with Crippen LogP contribution in [0.4, 0.5) is 0 Å². The van der Waals surface area contributed by atoms with Crippen molar-refractivity contribution in [2.75, 3.05) is 6.54 Å². The van der Waals surface area contributed by atoms with E-state index in [4.69, 9.17) is 0 Å². The van der Waals surface area contributed by atoms with E-state index in [2.05, 4.69) is 34.4 Å². The monoisotopic (exact) mass is 625 g/mol. The number of carbonyl (C=O) groups excluding carboxylic acids is 4. The number of Topliss-reactive ketones (excluding diaryl/α,β-unsaturated/α-hetero) is 1. The number of nitrogens with one attached hydrogen (secondary N) is 3. The molecule has 4 aromatic rings. The summed E-state index contributed by atoms with van der Waals surface area (Å²) in [5.74, 6) is -0.944. The van der Waals surface area contributed by atoms with Crippen LogP contribution in [0.15, 0.2) is 54.6 Å². The highest BCUT2D eigenvalue weighted by Crippen LogP contribution is 2.65. The molecule has 10 heteroatoms. The van der Waals surface area contributed by atoms with Gasteiger partial charge in [0, 0.05) is 17.4 Å². The van der Waals surface area contributed by atoms with Crippen molar-refractivity contribution in [1.29, 1.82) is 0 Å².